The molecule has 0 spiro atoms. The van der Waals surface area contributed by atoms with Gasteiger partial charge in [-0.25, -0.2) is 0 Å². The second-order valence-corrected chi connectivity index (χ2v) is 6.05. The van der Waals surface area contributed by atoms with E-state index in [0.29, 0.717) is 18.0 Å². The minimum atomic E-state index is 0.360. The minimum Gasteiger partial charge on any atom is -0.328 e. The van der Waals surface area contributed by atoms with Crippen molar-refractivity contribution in [1.29, 1.82) is 0 Å². The topological polar surface area (TPSA) is 72.0 Å². The summed E-state index contributed by atoms with van der Waals surface area (Å²) >= 11 is 0. The predicted molar refractivity (Wildman–Crippen MR) is 73.7 cm³/mol. The minimum absolute atomic E-state index is 0.360. The van der Waals surface area contributed by atoms with Crippen molar-refractivity contribution in [3.05, 3.63) is 11.6 Å². The van der Waals surface area contributed by atoms with Gasteiger partial charge in [0, 0.05) is 44.7 Å². The fourth-order valence-corrected chi connectivity index (χ4v) is 3.10. The van der Waals surface area contributed by atoms with Crippen LogP contribution in [0.5, 0.6) is 0 Å². The second kappa shape index (κ2) is 5.19. The zero-order valence-corrected chi connectivity index (χ0v) is 11.8. The maximum Gasteiger partial charge on any atom is 0.146 e. The number of rotatable bonds is 3. The number of aromatic nitrogens is 3. The monoisotopic (exact) mass is 264 g/mol. The van der Waals surface area contributed by atoms with Gasteiger partial charge in [0.2, 0.25) is 0 Å². The Labute approximate surface area is 114 Å². The Morgan fingerprint density at radius 1 is 1.37 bits per heavy atom. The van der Waals surface area contributed by atoms with Crippen molar-refractivity contribution >= 4 is 0 Å². The molecule has 2 aliphatic rings. The molecule has 0 unspecified atom stereocenters. The van der Waals surface area contributed by atoms with Crippen LogP contribution in [0.25, 0.3) is 0 Å². The molecule has 3 rings (SSSR count). The lowest BCUT2D eigenvalue weighted by Gasteiger charge is -2.32. The average molecular weight is 264 g/mol. The molecule has 0 aromatic carbocycles. The van der Waals surface area contributed by atoms with Gasteiger partial charge in [-0.3, -0.25) is 4.90 Å². The molecule has 0 amide bonds. The molecule has 0 radical (unpaired) electrons. The molecule has 1 saturated carbocycles. The predicted octanol–water partition coefficient (Wildman–Crippen LogP) is -0.186. The molecule has 19 heavy (non-hydrogen) atoms. The lowest BCUT2D eigenvalue weighted by Crippen LogP contribution is -2.48. The summed E-state index contributed by atoms with van der Waals surface area (Å²) in [5.74, 6) is 2.70. The first-order valence-corrected chi connectivity index (χ1v) is 7.23. The molecular weight excluding hydrogens is 240 g/mol. The van der Waals surface area contributed by atoms with Gasteiger partial charge in [0.1, 0.15) is 11.6 Å². The van der Waals surface area contributed by atoms with Crippen LogP contribution in [0.3, 0.4) is 0 Å². The first kappa shape index (κ1) is 13.0. The Kier molecular flexibility index (Phi) is 3.56. The molecule has 6 nitrogen and oxygen atoms in total. The second-order valence-electron chi connectivity index (χ2n) is 6.05. The molecule has 2 fully saturated rings. The van der Waals surface area contributed by atoms with Crippen molar-refractivity contribution in [3.63, 3.8) is 0 Å². The number of hydrogen-bond acceptors (Lipinski definition) is 5. The van der Waals surface area contributed by atoms with Crippen molar-refractivity contribution in [2.75, 3.05) is 19.6 Å². The molecule has 1 saturated heterocycles. The zero-order valence-electron chi connectivity index (χ0n) is 11.8. The summed E-state index contributed by atoms with van der Waals surface area (Å²) in [6, 6.07) is 0.922. The molecule has 2 heterocycles. The van der Waals surface area contributed by atoms with E-state index in [1.54, 1.807) is 0 Å². The van der Waals surface area contributed by atoms with E-state index >= 15 is 0 Å². The van der Waals surface area contributed by atoms with Crippen LogP contribution in [-0.4, -0.2) is 51.4 Å². The molecule has 106 valence electrons. The van der Waals surface area contributed by atoms with E-state index in [0.717, 1.165) is 50.7 Å². The van der Waals surface area contributed by atoms with Gasteiger partial charge in [-0.1, -0.05) is 0 Å². The van der Waals surface area contributed by atoms with Crippen molar-refractivity contribution in [2.24, 2.45) is 12.8 Å². The zero-order chi connectivity index (χ0) is 13.4. The van der Waals surface area contributed by atoms with E-state index in [4.69, 9.17) is 5.73 Å². The van der Waals surface area contributed by atoms with Gasteiger partial charge in [-0.15, -0.1) is 10.2 Å². The fraction of sp³-hybridized carbons (Fsp3) is 0.846. The molecule has 0 bridgehead atoms. The maximum absolute atomic E-state index is 5.86. The van der Waals surface area contributed by atoms with Crippen molar-refractivity contribution in [2.45, 2.75) is 44.3 Å². The highest BCUT2D eigenvalue weighted by molar-refractivity contribution is 5.08. The van der Waals surface area contributed by atoms with Gasteiger partial charge in [-0.2, -0.15) is 0 Å². The van der Waals surface area contributed by atoms with Crippen LogP contribution in [0.2, 0.25) is 0 Å². The molecule has 1 aliphatic carbocycles. The number of piperazine rings is 1. The van der Waals surface area contributed by atoms with Crippen molar-refractivity contribution in [1.82, 2.24) is 25.0 Å². The Bertz CT molecular complexity index is 436. The summed E-state index contributed by atoms with van der Waals surface area (Å²) in [6.07, 6.45) is 2.10. The van der Waals surface area contributed by atoms with Crippen LogP contribution in [-0.2, 0) is 13.6 Å². The van der Waals surface area contributed by atoms with Crippen LogP contribution in [0.1, 0.15) is 37.3 Å². The van der Waals surface area contributed by atoms with Crippen LogP contribution in [0.4, 0.5) is 0 Å². The Hall–Kier alpha value is -0.980. The molecule has 1 aromatic heterocycles. The Morgan fingerprint density at radius 3 is 2.84 bits per heavy atom. The van der Waals surface area contributed by atoms with E-state index in [1.165, 1.54) is 0 Å². The van der Waals surface area contributed by atoms with Crippen molar-refractivity contribution < 1.29 is 0 Å². The summed E-state index contributed by atoms with van der Waals surface area (Å²) in [6.45, 7) is 6.35. The Balaban J connectivity index is 1.65. The van der Waals surface area contributed by atoms with Crippen LogP contribution in [0.15, 0.2) is 0 Å². The largest absolute Gasteiger partial charge is 0.328 e. The molecule has 1 aliphatic heterocycles. The summed E-state index contributed by atoms with van der Waals surface area (Å²) in [7, 11) is 2.08. The average Bonchev–Trinajstić information content (AvgIpc) is 2.67. The lowest BCUT2D eigenvalue weighted by atomic mass is 9.80. The van der Waals surface area contributed by atoms with E-state index in [-0.39, 0.29) is 0 Å². The van der Waals surface area contributed by atoms with Crippen LogP contribution < -0.4 is 11.1 Å². The molecule has 1 atom stereocenters. The van der Waals surface area contributed by atoms with E-state index in [9.17, 15) is 0 Å². The summed E-state index contributed by atoms with van der Waals surface area (Å²) in [5, 5.41) is 12.2. The highest BCUT2D eigenvalue weighted by Crippen LogP contribution is 2.34. The van der Waals surface area contributed by atoms with Gasteiger partial charge in [0.05, 0.1) is 6.54 Å². The summed E-state index contributed by atoms with van der Waals surface area (Å²) in [5.41, 5.74) is 5.86. The standard InChI is InChI=1S/C13H24N6/c1-9-7-19(4-3-15-9)8-12-16-17-13(18(12)2)10-5-11(14)6-10/h9-11,15H,3-8,14H2,1-2H3/t9-,10?,11?/m1/s1. The number of nitrogens with two attached hydrogens (primary N) is 1. The Morgan fingerprint density at radius 2 is 2.16 bits per heavy atom. The highest BCUT2D eigenvalue weighted by atomic mass is 15.3. The summed E-state index contributed by atoms with van der Waals surface area (Å²) < 4.78 is 2.17. The van der Waals surface area contributed by atoms with E-state index in [1.807, 2.05) is 0 Å². The van der Waals surface area contributed by atoms with Gasteiger partial charge in [0.25, 0.3) is 0 Å². The third-order valence-corrected chi connectivity index (χ3v) is 4.36. The molecule has 3 N–H and O–H groups in total. The number of nitrogens with one attached hydrogen (secondary N) is 1. The first-order chi connectivity index (χ1) is 9.13. The van der Waals surface area contributed by atoms with E-state index < -0.39 is 0 Å². The van der Waals surface area contributed by atoms with Crippen LogP contribution >= 0.6 is 0 Å². The fourth-order valence-electron chi connectivity index (χ4n) is 3.10. The SMILES string of the molecule is C[C@@H]1CN(Cc2nnc(C3CC(N)C3)n2C)CCN1. The smallest absolute Gasteiger partial charge is 0.146 e. The van der Waals surface area contributed by atoms with Gasteiger partial charge < -0.3 is 15.6 Å². The maximum atomic E-state index is 5.86. The number of nitrogens with zero attached hydrogens (tertiary/aromatic N) is 4. The quantitative estimate of drug-likeness (QED) is 0.792. The van der Waals surface area contributed by atoms with Crippen molar-refractivity contribution in [3.8, 4) is 0 Å². The third-order valence-electron chi connectivity index (χ3n) is 4.36. The van der Waals surface area contributed by atoms with Gasteiger partial charge in [-0.05, 0) is 19.8 Å². The molecule has 1 aromatic rings. The molecule has 6 heteroatoms. The van der Waals surface area contributed by atoms with Crippen LogP contribution in [0, 0.1) is 0 Å². The normalized spacial score (nSPS) is 32.3. The summed E-state index contributed by atoms with van der Waals surface area (Å²) in [4.78, 5) is 2.45. The van der Waals surface area contributed by atoms with Gasteiger partial charge in [0.15, 0.2) is 0 Å². The highest BCUT2D eigenvalue weighted by Gasteiger charge is 2.31. The lowest BCUT2D eigenvalue weighted by molar-refractivity contribution is 0.193. The first-order valence-electron chi connectivity index (χ1n) is 7.23. The third kappa shape index (κ3) is 2.66. The number of hydrogen-bond donors (Lipinski definition) is 2. The van der Waals surface area contributed by atoms with E-state index in [2.05, 4.69) is 39.0 Å². The van der Waals surface area contributed by atoms with Gasteiger partial charge >= 0.3 is 0 Å². The molecular formula is C13H24N6.